The van der Waals surface area contributed by atoms with E-state index in [1.54, 1.807) is 7.11 Å². The maximum absolute atomic E-state index is 9.91. The Hall–Kier alpha value is -2.00. The highest BCUT2D eigenvalue weighted by Gasteiger charge is 2.10. The molecule has 0 aromatic heterocycles. The number of rotatable bonds is 6. The second-order valence-corrected chi connectivity index (χ2v) is 4.61. The van der Waals surface area contributed by atoms with Crippen LogP contribution in [0.3, 0.4) is 0 Å². The number of aliphatic hydroxyl groups is 1. The minimum Gasteiger partial charge on any atom is -0.493 e. The summed E-state index contributed by atoms with van der Waals surface area (Å²) in [7, 11) is 1.61. The largest absolute Gasteiger partial charge is 0.493 e. The minimum atomic E-state index is -0.472. The summed E-state index contributed by atoms with van der Waals surface area (Å²) in [6, 6.07) is 15.5. The van der Waals surface area contributed by atoms with Gasteiger partial charge in [-0.2, -0.15) is 0 Å². The van der Waals surface area contributed by atoms with Crippen LogP contribution in [-0.2, 0) is 6.61 Å². The molecule has 1 unspecified atom stereocenters. The van der Waals surface area contributed by atoms with Crippen molar-refractivity contribution < 1.29 is 14.6 Å². The standard InChI is InChI=1S/C17H20O3/c1-3-15(18)14-9-10-16(19-2)17(11-14)20-12-13-7-5-4-6-8-13/h4-11,15,18H,3,12H2,1-2H3. The van der Waals surface area contributed by atoms with Gasteiger partial charge in [-0.1, -0.05) is 43.3 Å². The zero-order valence-corrected chi connectivity index (χ0v) is 11.9. The van der Waals surface area contributed by atoms with Gasteiger partial charge in [-0.15, -0.1) is 0 Å². The molecule has 1 atom stereocenters. The van der Waals surface area contributed by atoms with Gasteiger partial charge in [0.1, 0.15) is 6.61 Å². The maximum Gasteiger partial charge on any atom is 0.162 e. The van der Waals surface area contributed by atoms with Crippen molar-refractivity contribution in [3.05, 3.63) is 59.7 Å². The number of aliphatic hydroxyl groups excluding tert-OH is 1. The normalized spacial score (nSPS) is 11.9. The molecular weight excluding hydrogens is 252 g/mol. The molecule has 0 aliphatic rings. The lowest BCUT2D eigenvalue weighted by Crippen LogP contribution is -2.00. The van der Waals surface area contributed by atoms with Crippen LogP contribution in [0, 0.1) is 0 Å². The van der Waals surface area contributed by atoms with Gasteiger partial charge >= 0.3 is 0 Å². The average Bonchev–Trinajstić information content (AvgIpc) is 2.52. The van der Waals surface area contributed by atoms with Crippen molar-refractivity contribution in [2.45, 2.75) is 26.1 Å². The Labute approximate surface area is 119 Å². The zero-order valence-electron chi connectivity index (χ0n) is 11.9. The minimum absolute atomic E-state index is 0.472. The highest BCUT2D eigenvalue weighted by molar-refractivity contribution is 5.43. The Morgan fingerprint density at radius 2 is 1.80 bits per heavy atom. The van der Waals surface area contributed by atoms with Gasteiger partial charge in [-0.3, -0.25) is 0 Å². The molecule has 106 valence electrons. The molecule has 20 heavy (non-hydrogen) atoms. The lowest BCUT2D eigenvalue weighted by atomic mass is 10.1. The van der Waals surface area contributed by atoms with Gasteiger partial charge in [-0.05, 0) is 29.7 Å². The van der Waals surface area contributed by atoms with E-state index >= 15 is 0 Å². The second kappa shape index (κ2) is 6.96. The topological polar surface area (TPSA) is 38.7 Å². The summed E-state index contributed by atoms with van der Waals surface area (Å²) in [6.45, 7) is 2.42. The van der Waals surface area contributed by atoms with Crippen molar-refractivity contribution in [2.24, 2.45) is 0 Å². The van der Waals surface area contributed by atoms with E-state index in [1.165, 1.54) is 0 Å². The van der Waals surface area contributed by atoms with Gasteiger partial charge in [-0.25, -0.2) is 0 Å². The average molecular weight is 272 g/mol. The molecule has 0 aliphatic heterocycles. The van der Waals surface area contributed by atoms with Crippen LogP contribution in [0.2, 0.25) is 0 Å². The second-order valence-electron chi connectivity index (χ2n) is 4.61. The van der Waals surface area contributed by atoms with Crippen molar-refractivity contribution >= 4 is 0 Å². The van der Waals surface area contributed by atoms with Gasteiger partial charge in [0, 0.05) is 0 Å². The van der Waals surface area contributed by atoms with E-state index in [2.05, 4.69) is 0 Å². The van der Waals surface area contributed by atoms with E-state index in [0.29, 0.717) is 24.5 Å². The third kappa shape index (κ3) is 3.52. The molecule has 0 bridgehead atoms. The quantitative estimate of drug-likeness (QED) is 0.871. The molecule has 1 N–H and O–H groups in total. The van der Waals surface area contributed by atoms with Crippen molar-refractivity contribution in [1.29, 1.82) is 0 Å². The first-order chi connectivity index (χ1) is 9.74. The fourth-order valence-corrected chi connectivity index (χ4v) is 1.98. The SMILES string of the molecule is CCC(O)c1ccc(OC)c(OCc2ccccc2)c1. The molecule has 3 nitrogen and oxygen atoms in total. The molecule has 3 heteroatoms. The first kappa shape index (κ1) is 14.4. The van der Waals surface area contributed by atoms with Gasteiger partial charge in [0.25, 0.3) is 0 Å². The Balaban J connectivity index is 2.16. The summed E-state index contributed by atoms with van der Waals surface area (Å²) in [5.74, 6) is 1.33. The lowest BCUT2D eigenvalue weighted by Gasteiger charge is -2.14. The summed E-state index contributed by atoms with van der Waals surface area (Å²) in [5.41, 5.74) is 1.94. The maximum atomic E-state index is 9.91. The molecule has 0 radical (unpaired) electrons. The summed E-state index contributed by atoms with van der Waals surface area (Å²) in [5, 5.41) is 9.91. The number of methoxy groups -OCH3 is 1. The van der Waals surface area contributed by atoms with Crippen LogP contribution < -0.4 is 9.47 Å². The molecular formula is C17H20O3. The molecule has 2 rings (SSSR count). The number of hydrogen-bond donors (Lipinski definition) is 1. The van der Waals surface area contributed by atoms with Crippen molar-refractivity contribution in [1.82, 2.24) is 0 Å². The van der Waals surface area contributed by atoms with Crippen molar-refractivity contribution in [3.8, 4) is 11.5 Å². The molecule has 0 aliphatic carbocycles. The van der Waals surface area contributed by atoms with E-state index in [0.717, 1.165) is 11.1 Å². The van der Waals surface area contributed by atoms with E-state index < -0.39 is 6.10 Å². The number of benzene rings is 2. The number of ether oxygens (including phenoxy) is 2. The molecule has 0 saturated carbocycles. The highest BCUT2D eigenvalue weighted by Crippen LogP contribution is 2.31. The first-order valence-electron chi connectivity index (χ1n) is 6.77. The summed E-state index contributed by atoms with van der Waals surface area (Å²) >= 11 is 0. The van der Waals surface area contributed by atoms with Gasteiger partial charge in [0.05, 0.1) is 13.2 Å². The Kier molecular flexibility index (Phi) is 5.02. The van der Waals surface area contributed by atoms with Crippen molar-refractivity contribution in [3.63, 3.8) is 0 Å². The van der Waals surface area contributed by atoms with Gasteiger partial charge in [0.15, 0.2) is 11.5 Å². The monoisotopic (exact) mass is 272 g/mol. The van der Waals surface area contributed by atoms with Gasteiger partial charge < -0.3 is 14.6 Å². The first-order valence-corrected chi connectivity index (χ1v) is 6.77. The van der Waals surface area contributed by atoms with Crippen LogP contribution in [0.15, 0.2) is 48.5 Å². The van der Waals surface area contributed by atoms with E-state index in [1.807, 2.05) is 55.5 Å². The third-order valence-corrected chi connectivity index (χ3v) is 3.20. The molecule has 0 heterocycles. The third-order valence-electron chi connectivity index (χ3n) is 3.20. The van der Waals surface area contributed by atoms with Crippen LogP contribution in [0.25, 0.3) is 0 Å². The highest BCUT2D eigenvalue weighted by atomic mass is 16.5. The molecule has 2 aromatic carbocycles. The number of hydrogen-bond acceptors (Lipinski definition) is 3. The predicted molar refractivity (Wildman–Crippen MR) is 79.0 cm³/mol. The van der Waals surface area contributed by atoms with Crippen molar-refractivity contribution in [2.75, 3.05) is 7.11 Å². The summed E-state index contributed by atoms with van der Waals surface area (Å²) in [4.78, 5) is 0. The molecule has 0 amide bonds. The fourth-order valence-electron chi connectivity index (χ4n) is 1.98. The van der Waals surface area contributed by atoms with Crippen LogP contribution in [0.1, 0.15) is 30.6 Å². The zero-order chi connectivity index (χ0) is 14.4. The fraction of sp³-hybridized carbons (Fsp3) is 0.294. The van der Waals surface area contributed by atoms with Crippen LogP contribution in [-0.4, -0.2) is 12.2 Å². The summed E-state index contributed by atoms with van der Waals surface area (Å²) < 4.78 is 11.1. The Morgan fingerprint density at radius 1 is 1.05 bits per heavy atom. The predicted octanol–water partition coefficient (Wildman–Crippen LogP) is 3.72. The Morgan fingerprint density at radius 3 is 2.45 bits per heavy atom. The molecule has 0 fully saturated rings. The molecule has 0 spiro atoms. The van der Waals surface area contributed by atoms with Crippen LogP contribution in [0.5, 0.6) is 11.5 Å². The van der Waals surface area contributed by atoms with E-state index in [9.17, 15) is 5.11 Å². The van der Waals surface area contributed by atoms with Crippen LogP contribution >= 0.6 is 0 Å². The molecule has 2 aromatic rings. The van der Waals surface area contributed by atoms with E-state index in [4.69, 9.17) is 9.47 Å². The van der Waals surface area contributed by atoms with Gasteiger partial charge in [0.2, 0.25) is 0 Å². The van der Waals surface area contributed by atoms with E-state index in [-0.39, 0.29) is 0 Å². The lowest BCUT2D eigenvalue weighted by molar-refractivity contribution is 0.172. The Bertz CT molecular complexity index is 537. The molecule has 0 saturated heterocycles. The smallest absolute Gasteiger partial charge is 0.162 e. The van der Waals surface area contributed by atoms with Crippen LogP contribution in [0.4, 0.5) is 0 Å². The summed E-state index contributed by atoms with van der Waals surface area (Å²) in [6.07, 6.45) is 0.199.